The van der Waals surface area contributed by atoms with E-state index < -0.39 is 0 Å². The maximum atomic E-state index is 5.39. The Labute approximate surface area is 154 Å². The van der Waals surface area contributed by atoms with Crippen LogP contribution in [0.5, 0.6) is 0 Å². The zero-order valence-electron chi connectivity index (χ0n) is 15.9. The summed E-state index contributed by atoms with van der Waals surface area (Å²) in [4.78, 5) is 8.78. The summed E-state index contributed by atoms with van der Waals surface area (Å²) in [6.07, 6.45) is 1.70. The molecule has 0 aliphatic heterocycles. The van der Waals surface area contributed by atoms with Gasteiger partial charge in [0, 0.05) is 23.4 Å². The Hall–Kier alpha value is -2.89. The van der Waals surface area contributed by atoms with Crippen molar-refractivity contribution in [1.82, 2.24) is 15.1 Å². The smallest absolute Gasteiger partial charge is 0.229 e. The molecule has 0 unspecified atom stereocenters. The molecule has 2 aromatic heterocycles. The quantitative estimate of drug-likeness (QED) is 0.643. The molecule has 3 aromatic rings. The van der Waals surface area contributed by atoms with Crippen LogP contribution in [0.1, 0.15) is 51.9 Å². The van der Waals surface area contributed by atoms with E-state index in [0.717, 1.165) is 11.4 Å². The summed E-state index contributed by atoms with van der Waals surface area (Å²) < 4.78 is 5.39. The van der Waals surface area contributed by atoms with Gasteiger partial charge < -0.3 is 15.2 Å². The van der Waals surface area contributed by atoms with Gasteiger partial charge in [-0.25, -0.2) is 4.98 Å². The molecule has 0 aliphatic carbocycles. The highest BCUT2D eigenvalue weighted by atomic mass is 16.5. The van der Waals surface area contributed by atoms with Crippen molar-refractivity contribution in [3.63, 3.8) is 0 Å². The van der Waals surface area contributed by atoms with Crippen molar-refractivity contribution in [3.05, 3.63) is 53.9 Å². The minimum Gasteiger partial charge on any atom is -0.359 e. The van der Waals surface area contributed by atoms with Crippen LogP contribution >= 0.6 is 0 Å². The molecule has 6 heteroatoms. The lowest BCUT2D eigenvalue weighted by Gasteiger charge is -2.12. The molecule has 26 heavy (non-hydrogen) atoms. The van der Waals surface area contributed by atoms with Crippen LogP contribution in [0.25, 0.3) is 0 Å². The fourth-order valence-corrected chi connectivity index (χ4v) is 2.41. The molecule has 2 heterocycles. The van der Waals surface area contributed by atoms with E-state index in [4.69, 9.17) is 4.52 Å². The van der Waals surface area contributed by atoms with Gasteiger partial charge in [0.25, 0.3) is 0 Å². The van der Waals surface area contributed by atoms with Crippen molar-refractivity contribution in [2.45, 2.75) is 46.0 Å². The highest BCUT2D eigenvalue weighted by molar-refractivity contribution is 5.58. The second kappa shape index (κ2) is 7.15. The minimum absolute atomic E-state index is 0.0905. The Balaban J connectivity index is 1.74. The number of hydrogen-bond acceptors (Lipinski definition) is 6. The van der Waals surface area contributed by atoms with Crippen molar-refractivity contribution in [3.8, 4) is 0 Å². The molecule has 0 amide bonds. The van der Waals surface area contributed by atoms with Gasteiger partial charge in [-0.2, -0.15) is 4.98 Å². The zero-order chi connectivity index (χ0) is 18.7. The fourth-order valence-electron chi connectivity index (χ4n) is 2.41. The highest BCUT2D eigenvalue weighted by Gasteiger charge is 2.19. The van der Waals surface area contributed by atoms with Gasteiger partial charge in [0.15, 0.2) is 5.82 Å². The summed E-state index contributed by atoms with van der Waals surface area (Å²) in [5, 5.41) is 10.5. The first kappa shape index (κ1) is 17.9. The first-order valence-electron chi connectivity index (χ1n) is 8.75. The van der Waals surface area contributed by atoms with Crippen molar-refractivity contribution in [2.24, 2.45) is 0 Å². The lowest BCUT2D eigenvalue weighted by Crippen LogP contribution is -2.09. The molecular formula is C20H25N5O. The van der Waals surface area contributed by atoms with Crippen molar-refractivity contribution in [2.75, 3.05) is 10.6 Å². The Morgan fingerprint density at radius 3 is 2.50 bits per heavy atom. The monoisotopic (exact) mass is 351 g/mol. The Kier molecular flexibility index (Phi) is 4.93. The molecule has 6 nitrogen and oxygen atoms in total. The topological polar surface area (TPSA) is 75.9 Å². The standard InChI is InChI=1S/C20H25N5O/c1-13(2)14-7-6-8-15(11-14)22-19-21-10-9-17(24-19)23-18-12-16(26-25-18)20(3,4)5/h6-13H,1-5H3,(H2,21,22,23,24,25). The summed E-state index contributed by atoms with van der Waals surface area (Å²) in [5.41, 5.74) is 2.14. The van der Waals surface area contributed by atoms with Gasteiger partial charge in [-0.1, -0.05) is 51.9 Å². The summed E-state index contributed by atoms with van der Waals surface area (Å²) in [6.45, 7) is 10.6. The summed E-state index contributed by atoms with van der Waals surface area (Å²) in [7, 11) is 0. The third kappa shape index (κ3) is 4.39. The van der Waals surface area contributed by atoms with E-state index in [2.05, 4.69) is 72.5 Å². The van der Waals surface area contributed by atoms with Gasteiger partial charge in [-0.15, -0.1) is 0 Å². The third-order valence-electron chi connectivity index (χ3n) is 3.97. The van der Waals surface area contributed by atoms with E-state index in [1.54, 1.807) is 12.3 Å². The molecule has 0 aliphatic rings. The second-order valence-electron chi connectivity index (χ2n) is 7.62. The van der Waals surface area contributed by atoms with Gasteiger partial charge in [0.2, 0.25) is 5.95 Å². The van der Waals surface area contributed by atoms with E-state index in [9.17, 15) is 0 Å². The summed E-state index contributed by atoms with van der Waals surface area (Å²) in [5.74, 6) is 3.08. The molecule has 0 saturated carbocycles. The molecule has 0 saturated heterocycles. The summed E-state index contributed by atoms with van der Waals surface area (Å²) >= 11 is 0. The number of aromatic nitrogens is 3. The molecule has 1 aromatic carbocycles. The Morgan fingerprint density at radius 1 is 1.00 bits per heavy atom. The van der Waals surface area contributed by atoms with E-state index in [0.29, 0.717) is 23.5 Å². The molecule has 0 atom stereocenters. The zero-order valence-corrected chi connectivity index (χ0v) is 15.9. The predicted octanol–water partition coefficient (Wildman–Crippen LogP) is 5.37. The lowest BCUT2D eigenvalue weighted by molar-refractivity contribution is 0.331. The van der Waals surface area contributed by atoms with E-state index in [1.807, 2.05) is 18.2 Å². The minimum atomic E-state index is -0.0905. The van der Waals surface area contributed by atoms with E-state index in [1.165, 1.54) is 5.56 Å². The average Bonchev–Trinajstić information content (AvgIpc) is 3.04. The maximum absolute atomic E-state index is 5.39. The van der Waals surface area contributed by atoms with E-state index in [-0.39, 0.29) is 5.41 Å². The van der Waals surface area contributed by atoms with Crippen LogP contribution in [-0.4, -0.2) is 15.1 Å². The van der Waals surface area contributed by atoms with E-state index >= 15 is 0 Å². The van der Waals surface area contributed by atoms with Gasteiger partial charge in [-0.3, -0.25) is 0 Å². The first-order valence-corrected chi connectivity index (χ1v) is 8.75. The second-order valence-corrected chi connectivity index (χ2v) is 7.62. The van der Waals surface area contributed by atoms with Crippen molar-refractivity contribution >= 4 is 23.3 Å². The van der Waals surface area contributed by atoms with Gasteiger partial charge in [0.05, 0.1) is 0 Å². The van der Waals surface area contributed by atoms with Crippen molar-refractivity contribution in [1.29, 1.82) is 0 Å². The average molecular weight is 351 g/mol. The summed E-state index contributed by atoms with van der Waals surface area (Å²) in [6, 6.07) is 11.9. The molecule has 0 spiro atoms. The van der Waals surface area contributed by atoms with Crippen LogP contribution in [0, 0.1) is 0 Å². The van der Waals surface area contributed by atoms with Crippen molar-refractivity contribution < 1.29 is 4.52 Å². The maximum Gasteiger partial charge on any atom is 0.229 e. The first-order chi connectivity index (χ1) is 12.3. The number of anilines is 4. The molecule has 0 fully saturated rings. The number of hydrogen-bond donors (Lipinski definition) is 2. The normalized spacial score (nSPS) is 11.6. The molecule has 2 N–H and O–H groups in total. The largest absolute Gasteiger partial charge is 0.359 e. The lowest BCUT2D eigenvalue weighted by atomic mass is 9.93. The van der Waals surface area contributed by atoms with Crippen LogP contribution in [0.4, 0.5) is 23.3 Å². The third-order valence-corrected chi connectivity index (χ3v) is 3.97. The Morgan fingerprint density at radius 2 is 1.81 bits per heavy atom. The van der Waals surface area contributed by atoms with Gasteiger partial charge in [-0.05, 0) is 29.7 Å². The molecule has 0 radical (unpaired) electrons. The van der Waals surface area contributed by atoms with Crippen LogP contribution in [0.3, 0.4) is 0 Å². The number of nitrogens with one attached hydrogen (secondary N) is 2. The number of nitrogens with zero attached hydrogens (tertiary/aromatic N) is 3. The van der Waals surface area contributed by atoms with Gasteiger partial charge >= 0.3 is 0 Å². The van der Waals surface area contributed by atoms with Crippen LogP contribution in [0.15, 0.2) is 47.1 Å². The van der Waals surface area contributed by atoms with Crippen LogP contribution < -0.4 is 10.6 Å². The fraction of sp³-hybridized carbons (Fsp3) is 0.350. The molecule has 3 rings (SSSR count). The SMILES string of the molecule is CC(C)c1cccc(Nc2nccc(Nc3cc(C(C)(C)C)on3)n2)c1. The number of benzene rings is 1. The predicted molar refractivity (Wildman–Crippen MR) is 104 cm³/mol. The van der Waals surface area contributed by atoms with Gasteiger partial charge in [0.1, 0.15) is 11.6 Å². The molecule has 0 bridgehead atoms. The molecule has 136 valence electrons. The van der Waals surface area contributed by atoms with Crippen LogP contribution in [-0.2, 0) is 5.41 Å². The Bertz CT molecular complexity index is 880. The number of rotatable bonds is 5. The highest BCUT2D eigenvalue weighted by Crippen LogP contribution is 2.26. The molecular weight excluding hydrogens is 326 g/mol. The van der Waals surface area contributed by atoms with Crippen LogP contribution in [0.2, 0.25) is 0 Å².